The molecule has 1 amide bonds. The number of hydrogen-bond donors (Lipinski definition) is 2. The lowest BCUT2D eigenvalue weighted by Crippen LogP contribution is -2.29. The molecule has 0 fully saturated rings. The fraction of sp³-hybridized carbons (Fsp3) is 0.143. The van der Waals surface area contributed by atoms with Crippen LogP contribution in [0.3, 0.4) is 0 Å². The van der Waals surface area contributed by atoms with Crippen LogP contribution in [-0.2, 0) is 19.7 Å². The minimum atomic E-state index is -3.86. The molecule has 0 spiro atoms. The molecule has 0 aliphatic rings. The van der Waals surface area contributed by atoms with Gasteiger partial charge in [0.05, 0.1) is 0 Å². The summed E-state index contributed by atoms with van der Waals surface area (Å²) in [6, 6.07) is 4.44. The van der Waals surface area contributed by atoms with Crippen LogP contribution in [0.2, 0.25) is 0 Å². The Bertz CT molecular complexity index is 528. The molecule has 7 nitrogen and oxygen atoms in total. The largest absolute Gasteiger partial charge is 0.368 e. The average molecular weight is 261 g/mol. The maximum Gasteiger partial charge on any atom is 0.271 e. The number of primary amides is 1. The lowest BCUT2D eigenvalue weighted by Gasteiger charge is -2.02. The molecule has 0 unspecified atom stereocenters. The van der Waals surface area contributed by atoms with E-state index in [9.17, 15) is 13.2 Å². The first-order valence-electron chi connectivity index (χ1n) is 3.87. The fourth-order valence-corrected chi connectivity index (χ4v) is 2.63. The van der Waals surface area contributed by atoms with E-state index in [4.69, 9.17) is 11.0 Å². The lowest BCUT2D eigenvalue weighted by atomic mass is 10.5. The van der Waals surface area contributed by atoms with Crippen LogP contribution in [0.5, 0.6) is 0 Å². The van der Waals surface area contributed by atoms with Crippen LogP contribution in [0.25, 0.3) is 0 Å². The second kappa shape index (κ2) is 5.04. The second-order valence-corrected chi connectivity index (χ2v) is 5.53. The number of nitrogens with two attached hydrogens (primary N) is 1. The van der Waals surface area contributed by atoms with Gasteiger partial charge in [-0.15, -0.1) is 11.3 Å². The summed E-state index contributed by atoms with van der Waals surface area (Å²) in [5, 5.41) is 8.52. The average Bonchev–Trinajstić information content (AvgIpc) is 2.65. The van der Waals surface area contributed by atoms with Crippen molar-refractivity contribution >= 4 is 27.3 Å². The molecule has 0 bridgehead atoms. The molecule has 3 N–H and O–H groups in total. The highest BCUT2D eigenvalue weighted by atomic mass is 32.2. The maximum absolute atomic E-state index is 11.5. The number of nitrogens with zero attached hydrogens (tertiary/aromatic N) is 1. The van der Waals surface area contributed by atoms with Crippen LogP contribution in [-0.4, -0.2) is 20.9 Å². The van der Waals surface area contributed by atoms with Gasteiger partial charge in [0.15, 0.2) is 0 Å². The van der Waals surface area contributed by atoms with Crippen molar-refractivity contribution in [2.24, 2.45) is 5.73 Å². The van der Waals surface area contributed by atoms with Gasteiger partial charge in [-0.3, -0.25) is 9.63 Å². The van der Waals surface area contributed by atoms with Crippen molar-refractivity contribution in [3.8, 4) is 6.07 Å². The van der Waals surface area contributed by atoms with Gasteiger partial charge in [0.2, 0.25) is 5.91 Å². The van der Waals surface area contributed by atoms with E-state index < -0.39 is 22.5 Å². The third-order valence-electron chi connectivity index (χ3n) is 1.34. The minimum Gasteiger partial charge on any atom is -0.368 e. The molecule has 1 rings (SSSR count). The lowest BCUT2D eigenvalue weighted by molar-refractivity contribution is -0.123. The fourth-order valence-electron chi connectivity index (χ4n) is 0.744. The Labute approximate surface area is 95.4 Å². The number of rotatable bonds is 5. The van der Waals surface area contributed by atoms with E-state index in [1.54, 1.807) is 11.0 Å². The third-order valence-corrected chi connectivity index (χ3v) is 4.04. The van der Waals surface area contributed by atoms with E-state index in [-0.39, 0.29) is 9.09 Å². The van der Waals surface area contributed by atoms with E-state index in [2.05, 4.69) is 4.84 Å². The number of thiophene rings is 1. The van der Waals surface area contributed by atoms with Crippen LogP contribution in [0.15, 0.2) is 16.3 Å². The van der Waals surface area contributed by atoms with Crippen LogP contribution < -0.4 is 10.6 Å². The van der Waals surface area contributed by atoms with Gasteiger partial charge in [0.25, 0.3) is 10.0 Å². The molecule has 0 saturated carbocycles. The molecule has 16 heavy (non-hydrogen) atoms. The predicted octanol–water partition coefficient (Wildman–Crippen LogP) is -0.685. The van der Waals surface area contributed by atoms with Gasteiger partial charge >= 0.3 is 0 Å². The first kappa shape index (κ1) is 12.6. The molecule has 86 valence electrons. The molecular formula is C7H7N3O4S2. The van der Waals surface area contributed by atoms with E-state index >= 15 is 0 Å². The van der Waals surface area contributed by atoms with Crippen LogP contribution in [0.4, 0.5) is 0 Å². The summed E-state index contributed by atoms with van der Waals surface area (Å²) < 4.78 is 22.8. The molecule has 0 aliphatic carbocycles. The molecule has 1 heterocycles. The highest BCUT2D eigenvalue weighted by Crippen LogP contribution is 2.20. The van der Waals surface area contributed by atoms with Crippen molar-refractivity contribution in [2.75, 3.05) is 6.61 Å². The highest BCUT2D eigenvalue weighted by molar-refractivity contribution is 7.91. The van der Waals surface area contributed by atoms with Crippen LogP contribution in [0, 0.1) is 11.3 Å². The highest BCUT2D eigenvalue weighted by Gasteiger charge is 2.17. The molecule has 1 aromatic heterocycles. The van der Waals surface area contributed by atoms with Crippen molar-refractivity contribution in [1.82, 2.24) is 4.89 Å². The number of nitriles is 1. The number of carbonyl (C=O) groups excluding carboxylic acids is 1. The van der Waals surface area contributed by atoms with Gasteiger partial charge in [0.1, 0.15) is 21.8 Å². The first-order chi connectivity index (χ1) is 7.45. The molecule has 0 saturated heterocycles. The summed E-state index contributed by atoms with van der Waals surface area (Å²) in [5.41, 5.74) is 4.75. The minimum absolute atomic E-state index is 0.0754. The predicted molar refractivity (Wildman–Crippen MR) is 54.5 cm³/mol. The Kier molecular flexibility index (Phi) is 3.97. The van der Waals surface area contributed by atoms with E-state index in [1.807, 2.05) is 0 Å². The Morgan fingerprint density at radius 1 is 1.62 bits per heavy atom. The normalized spacial score (nSPS) is 10.9. The molecule has 0 aromatic carbocycles. The van der Waals surface area contributed by atoms with Gasteiger partial charge in [0, 0.05) is 0 Å². The van der Waals surface area contributed by atoms with Crippen LogP contribution in [0.1, 0.15) is 4.88 Å². The van der Waals surface area contributed by atoms with Crippen molar-refractivity contribution in [1.29, 1.82) is 5.26 Å². The molecule has 0 radical (unpaired) electrons. The molecule has 1 aromatic rings. The van der Waals surface area contributed by atoms with Crippen molar-refractivity contribution in [3.05, 3.63) is 17.0 Å². The van der Waals surface area contributed by atoms with Crippen molar-refractivity contribution in [2.45, 2.75) is 4.21 Å². The molecule has 0 aliphatic heterocycles. The number of amides is 1. The van der Waals surface area contributed by atoms with Crippen molar-refractivity contribution < 1.29 is 18.0 Å². The zero-order valence-electron chi connectivity index (χ0n) is 7.84. The Morgan fingerprint density at radius 3 is 2.81 bits per heavy atom. The zero-order valence-corrected chi connectivity index (χ0v) is 9.47. The Balaban J connectivity index is 2.71. The van der Waals surface area contributed by atoms with Crippen LogP contribution >= 0.6 is 11.3 Å². The number of carbonyl (C=O) groups is 1. The second-order valence-electron chi connectivity index (χ2n) is 2.57. The SMILES string of the molecule is N#Cc1ccc(S(=O)(=O)NOCC(N)=O)s1. The maximum atomic E-state index is 11.5. The van der Waals surface area contributed by atoms with Gasteiger partial charge in [-0.25, -0.2) is 8.42 Å². The van der Waals surface area contributed by atoms with E-state index in [1.165, 1.54) is 12.1 Å². The summed E-state index contributed by atoms with van der Waals surface area (Å²) in [7, 11) is -3.86. The molecule has 0 atom stereocenters. The molecule has 9 heteroatoms. The smallest absolute Gasteiger partial charge is 0.271 e. The Morgan fingerprint density at radius 2 is 2.31 bits per heavy atom. The number of sulfonamides is 1. The summed E-state index contributed by atoms with van der Waals surface area (Å²) >= 11 is 0.791. The summed E-state index contributed by atoms with van der Waals surface area (Å²) in [5.74, 6) is -0.799. The summed E-state index contributed by atoms with van der Waals surface area (Å²) in [6.45, 7) is -0.560. The van der Waals surface area contributed by atoms with Gasteiger partial charge in [-0.1, -0.05) is 4.89 Å². The van der Waals surface area contributed by atoms with Gasteiger partial charge < -0.3 is 5.73 Å². The first-order valence-corrected chi connectivity index (χ1v) is 6.17. The summed E-state index contributed by atoms with van der Waals surface area (Å²) in [4.78, 5) is 16.6. The van der Waals surface area contributed by atoms with Gasteiger partial charge in [-0.2, -0.15) is 5.26 Å². The van der Waals surface area contributed by atoms with E-state index in [0.717, 1.165) is 11.3 Å². The molecular weight excluding hydrogens is 254 g/mol. The van der Waals surface area contributed by atoms with Gasteiger partial charge in [-0.05, 0) is 12.1 Å². The number of hydrogen-bond acceptors (Lipinski definition) is 6. The Hall–Kier alpha value is -1.47. The standard InChI is InChI=1S/C7H7N3O4S2/c8-3-5-1-2-7(15-5)16(12,13)10-14-4-6(9)11/h1-2,10H,4H2,(H2,9,11). The summed E-state index contributed by atoms with van der Waals surface area (Å²) in [6.07, 6.45) is 0. The third kappa shape index (κ3) is 3.28. The quantitative estimate of drug-likeness (QED) is 0.679. The monoisotopic (exact) mass is 261 g/mol. The van der Waals surface area contributed by atoms with E-state index in [0.29, 0.717) is 0 Å². The topological polar surface area (TPSA) is 122 Å². The zero-order chi connectivity index (χ0) is 12.2. The van der Waals surface area contributed by atoms with Crippen molar-refractivity contribution in [3.63, 3.8) is 0 Å². The number of nitrogens with one attached hydrogen (secondary N) is 1.